The molecule has 1 aliphatic rings. The van der Waals surface area contributed by atoms with Crippen LogP contribution in [0.2, 0.25) is 10.0 Å². The normalized spacial score (nSPS) is 15.8. The van der Waals surface area contributed by atoms with Crippen molar-refractivity contribution in [3.05, 3.63) is 92.8 Å². The van der Waals surface area contributed by atoms with Gasteiger partial charge in [0, 0.05) is 12.1 Å². The van der Waals surface area contributed by atoms with E-state index in [4.69, 9.17) is 37.7 Å². The lowest BCUT2D eigenvalue weighted by Crippen LogP contribution is -2.29. The van der Waals surface area contributed by atoms with E-state index in [2.05, 4.69) is 0 Å². The first-order valence-electron chi connectivity index (χ1n) is 11.1. The molecular formula is C27H24Cl2N2O3S. The van der Waals surface area contributed by atoms with E-state index < -0.39 is 0 Å². The Bertz CT molecular complexity index is 1280. The highest BCUT2D eigenvalue weighted by atomic mass is 35.5. The van der Waals surface area contributed by atoms with Crippen molar-refractivity contribution in [2.45, 2.75) is 20.0 Å². The van der Waals surface area contributed by atoms with Crippen LogP contribution in [0.4, 0.5) is 5.69 Å². The summed E-state index contributed by atoms with van der Waals surface area (Å²) in [5.41, 5.74) is 2.40. The predicted octanol–water partition coefficient (Wildman–Crippen LogP) is 7.60. The summed E-state index contributed by atoms with van der Waals surface area (Å²) in [6.45, 7) is 2.89. The molecule has 0 unspecified atom stereocenters. The first-order valence-corrected chi connectivity index (χ1v) is 12.7. The molecular weight excluding hydrogens is 503 g/mol. The SMILES string of the molecule is CCCN1C(=O)/C(=C\c2cccc(OC)c2OCc2ccc(Cl)c(Cl)c2)SC1=Nc1ccccc1. The topological polar surface area (TPSA) is 51.1 Å². The third-order valence-electron chi connectivity index (χ3n) is 5.20. The number of amides is 1. The minimum Gasteiger partial charge on any atom is -0.493 e. The number of aliphatic imine (C=N–C) groups is 1. The van der Waals surface area contributed by atoms with Crippen LogP contribution in [0.1, 0.15) is 24.5 Å². The average molecular weight is 527 g/mol. The maximum atomic E-state index is 13.3. The number of methoxy groups -OCH3 is 1. The molecule has 4 rings (SSSR count). The molecule has 0 N–H and O–H groups in total. The van der Waals surface area contributed by atoms with Crippen LogP contribution in [0.3, 0.4) is 0 Å². The number of amidine groups is 1. The molecule has 0 spiro atoms. The van der Waals surface area contributed by atoms with Crippen molar-refractivity contribution in [2.24, 2.45) is 4.99 Å². The summed E-state index contributed by atoms with van der Waals surface area (Å²) in [6.07, 6.45) is 2.65. The third-order valence-corrected chi connectivity index (χ3v) is 6.94. The summed E-state index contributed by atoms with van der Waals surface area (Å²) < 4.78 is 11.7. The van der Waals surface area contributed by atoms with Crippen LogP contribution in [-0.2, 0) is 11.4 Å². The molecule has 3 aromatic carbocycles. The molecule has 35 heavy (non-hydrogen) atoms. The van der Waals surface area contributed by atoms with Crippen LogP contribution < -0.4 is 9.47 Å². The maximum Gasteiger partial charge on any atom is 0.266 e. The summed E-state index contributed by atoms with van der Waals surface area (Å²) in [5, 5.41) is 1.61. The number of carbonyl (C=O) groups is 1. The Labute approximate surface area is 219 Å². The molecule has 0 aliphatic carbocycles. The number of hydrogen-bond acceptors (Lipinski definition) is 5. The fraction of sp³-hybridized carbons (Fsp3) is 0.185. The first-order chi connectivity index (χ1) is 17.0. The van der Waals surface area contributed by atoms with Gasteiger partial charge in [-0.05, 0) is 60.2 Å². The van der Waals surface area contributed by atoms with E-state index in [9.17, 15) is 4.79 Å². The van der Waals surface area contributed by atoms with Crippen molar-refractivity contribution in [3.63, 3.8) is 0 Å². The second kappa shape index (κ2) is 11.7. The molecule has 0 atom stereocenters. The van der Waals surface area contributed by atoms with Gasteiger partial charge in [-0.1, -0.05) is 66.5 Å². The van der Waals surface area contributed by atoms with Crippen LogP contribution in [0.15, 0.2) is 76.6 Å². The predicted molar refractivity (Wildman–Crippen MR) is 145 cm³/mol. The number of para-hydroxylation sites is 2. The Kier molecular flexibility index (Phi) is 8.39. The van der Waals surface area contributed by atoms with Crippen LogP contribution in [-0.4, -0.2) is 29.6 Å². The Morgan fingerprint density at radius 2 is 1.83 bits per heavy atom. The van der Waals surface area contributed by atoms with Gasteiger partial charge in [-0.15, -0.1) is 0 Å². The molecule has 180 valence electrons. The molecule has 1 heterocycles. The molecule has 0 radical (unpaired) electrons. The summed E-state index contributed by atoms with van der Waals surface area (Å²) >= 11 is 13.5. The van der Waals surface area contributed by atoms with Gasteiger partial charge in [0.2, 0.25) is 0 Å². The number of benzene rings is 3. The van der Waals surface area contributed by atoms with E-state index >= 15 is 0 Å². The highest BCUT2D eigenvalue weighted by Crippen LogP contribution is 2.38. The van der Waals surface area contributed by atoms with E-state index in [0.717, 1.165) is 23.2 Å². The van der Waals surface area contributed by atoms with E-state index in [-0.39, 0.29) is 12.5 Å². The van der Waals surface area contributed by atoms with Gasteiger partial charge in [-0.3, -0.25) is 9.69 Å². The lowest BCUT2D eigenvalue weighted by atomic mass is 10.1. The van der Waals surface area contributed by atoms with Gasteiger partial charge in [0.25, 0.3) is 5.91 Å². The number of ether oxygens (including phenoxy) is 2. The van der Waals surface area contributed by atoms with Crippen molar-refractivity contribution >= 4 is 57.8 Å². The van der Waals surface area contributed by atoms with E-state index in [1.807, 2.05) is 67.6 Å². The molecule has 1 fully saturated rings. The Morgan fingerprint density at radius 3 is 2.54 bits per heavy atom. The zero-order chi connectivity index (χ0) is 24.8. The second-order valence-corrected chi connectivity index (χ2v) is 9.54. The van der Waals surface area contributed by atoms with Crippen molar-refractivity contribution in [2.75, 3.05) is 13.7 Å². The van der Waals surface area contributed by atoms with Gasteiger partial charge in [-0.2, -0.15) is 0 Å². The second-order valence-electron chi connectivity index (χ2n) is 7.71. The molecule has 5 nitrogen and oxygen atoms in total. The number of halogens is 2. The molecule has 8 heteroatoms. The van der Waals surface area contributed by atoms with Crippen molar-refractivity contribution in [1.82, 2.24) is 4.90 Å². The van der Waals surface area contributed by atoms with E-state index in [1.165, 1.54) is 11.8 Å². The zero-order valence-electron chi connectivity index (χ0n) is 19.3. The lowest BCUT2D eigenvalue weighted by Gasteiger charge is -2.14. The fourth-order valence-electron chi connectivity index (χ4n) is 3.51. The van der Waals surface area contributed by atoms with Crippen LogP contribution in [0.25, 0.3) is 6.08 Å². The van der Waals surface area contributed by atoms with Crippen LogP contribution in [0, 0.1) is 0 Å². The molecule has 3 aromatic rings. The molecule has 1 aliphatic heterocycles. The van der Waals surface area contributed by atoms with Gasteiger partial charge in [0.05, 0.1) is 27.7 Å². The molecule has 0 saturated carbocycles. The Balaban J connectivity index is 1.65. The van der Waals surface area contributed by atoms with Gasteiger partial charge >= 0.3 is 0 Å². The maximum absolute atomic E-state index is 13.3. The van der Waals surface area contributed by atoms with Crippen LogP contribution in [0.5, 0.6) is 11.5 Å². The van der Waals surface area contributed by atoms with Crippen molar-refractivity contribution in [1.29, 1.82) is 0 Å². The van der Waals surface area contributed by atoms with Crippen molar-refractivity contribution < 1.29 is 14.3 Å². The average Bonchev–Trinajstić information content (AvgIpc) is 3.15. The van der Waals surface area contributed by atoms with Crippen LogP contribution >= 0.6 is 35.0 Å². The highest BCUT2D eigenvalue weighted by Gasteiger charge is 2.33. The molecule has 0 aromatic heterocycles. The summed E-state index contributed by atoms with van der Waals surface area (Å²) in [4.78, 5) is 20.3. The van der Waals surface area contributed by atoms with E-state index in [1.54, 1.807) is 24.1 Å². The summed E-state index contributed by atoms with van der Waals surface area (Å²) in [7, 11) is 1.58. The number of carbonyl (C=O) groups excluding carboxylic acids is 1. The lowest BCUT2D eigenvalue weighted by molar-refractivity contribution is -0.122. The van der Waals surface area contributed by atoms with E-state index in [0.29, 0.717) is 38.2 Å². The monoisotopic (exact) mass is 526 g/mol. The summed E-state index contributed by atoms with van der Waals surface area (Å²) in [5.74, 6) is 1.03. The fourth-order valence-corrected chi connectivity index (χ4v) is 4.85. The highest BCUT2D eigenvalue weighted by molar-refractivity contribution is 8.18. The molecule has 0 bridgehead atoms. The van der Waals surface area contributed by atoms with Gasteiger partial charge in [-0.25, -0.2) is 4.99 Å². The third kappa shape index (κ3) is 6.01. The smallest absolute Gasteiger partial charge is 0.266 e. The van der Waals surface area contributed by atoms with Gasteiger partial charge in [0.1, 0.15) is 6.61 Å². The molecule has 1 amide bonds. The minimum atomic E-state index is -0.0789. The zero-order valence-corrected chi connectivity index (χ0v) is 21.7. The summed E-state index contributed by atoms with van der Waals surface area (Å²) in [6, 6.07) is 20.6. The number of nitrogens with zero attached hydrogens (tertiary/aromatic N) is 2. The Hall–Kier alpha value is -2.93. The van der Waals surface area contributed by atoms with Gasteiger partial charge in [0.15, 0.2) is 16.7 Å². The first kappa shape index (κ1) is 25.2. The quantitative estimate of drug-likeness (QED) is 0.283. The number of hydrogen-bond donors (Lipinski definition) is 0. The minimum absolute atomic E-state index is 0.0789. The molecule has 1 saturated heterocycles. The van der Waals surface area contributed by atoms with Crippen molar-refractivity contribution in [3.8, 4) is 11.5 Å². The van der Waals surface area contributed by atoms with Gasteiger partial charge < -0.3 is 9.47 Å². The number of rotatable bonds is 8. The number of thioether (sulfide) groups is 1. The largest absolute Gasteiger partial charge is 0.493 e. The Morgan fingerprint density at radius 1 is 1.03 bits per heavy atom. The standard InChI is InChI=1S/C27H24Cl2N2O3S/c1-3-14-31-26(32)24(35-27(31)30-20-9-5-4-6-10-20)16-19-8-7-11-23(33-2)25(19)34-17-18-12-13-21(28)22(29)15-18/h4-13,15-16H,3,14,17H2,1-2H3/b24-16+,30-27?.